The van der Waals surface area contributed by atoms with E-state index < -0.39 is 23.8 Å². The van der Waals surface area contributed by atoms with Gasteiger partial charge in [0.1, 0.15) is 11.9 Å². The number of carboxylic acid groups (broad SMARTS) is 2. The average molecular weight is 611 g/mol. The second kappa shape index (κ2) is 11.2. The van der Waals surface area contributed by atoms with Gasteiger partial charge in [-0.25, -0.2) is 23.8 Å². The number of anilines is 1. The van der Waals surface area contributed by atoms with Gasteiger partial charge in [-0.2, -0.15) is 0 Å². The van der Waals surface area contributed by atoms with Crippen LogP contribution in [-0.2, 0) is 4.79 Å². The highest BCUT2D eigenvalue weighted by Gasteiger charge is 2.42. The second-order valence-electron chi connectivity index (χ2n) is 10.0. The van der Waals surface area contributed by atoms with Crippen LogP contribution in [0.25, 0.3) is 0 Å². The minimum atomic E-state index is -1.18. The van der Waals surface area contributed by atoms with Crippen LogP contribution in [0.1, 0.15) is 27.0 Å². The van der Waals surface area contributed by atoms with E-state index in [-0.39, 0.29) is 34.8 Å². The summed E-state index contributed by atoms with van der Waals surface area (Å²) in [6.07, 6.45) is 1.62. The molecule has 2 amide bonds. The smallest absolute Gasteiger partial charge is 0.335 e. The first-order valence-corrected chi connectivity index (χ1v) is 14.2. The number of thiazole rings is 1. The van der Waals surface area contributed by atoms with Gasteiger partial charge in [-0.3, -0.25) is 14.8 Å². The summed E-state index contributed by atoms with van der Waals surface area (Å²) in [5.74, 6) is -2.38. The van der Waals surface area contributed by atoms with Gasteiger partial charge in [-0.15, -0.1) is 11.3 Å². The SMILES string of the molecule is O=C(O)C1=C(CN2CCN3C(=O)N(c4ccc(C(=O)O)cc4)C[C@@H]3C2)NC(c2nccs2)=N[C@H]1c1ccc(F)cc1Cl. The zero-order valence-electron chi connectivity index (χ0n) is 21.9. The van der Waals surface area contributed by atoms with Crippen LogP contribution < -0.4 is 10.2 Å². The summed E-state index contributed by atoms with van der Waals surface area (Å²) in [6, 6.07) is 8.66. The molecule has 3 N–H and O–H groups in total. The van der Waals surface area contributed by atoms with Crippen LogP contribution in [0.15, 0.2) is 70.3 Å². The maximum atomic E-state index is 13.8. The fourth-order valence-corrected chi connectivity index (χ4v) is 6.37. The molecular weight excluding hydrogens is 587 g/mol. The predicted octanol–water partition coefficient (Wildman–Crippen LogP) is 3.69. The van der Waals surface area contributed by atoms with Gasteiger partial charge < -0.3 is 20.4 Å². The number of amidine groups is 1. The van der Waals surface area contributed by atoms with Crippen molar-refractivity contribution in [3.05, 3.63) is 92.3 Å². The van der Waals surface area contributed by atoms with E-state index in [1.54, 1.807) is 33.5 Å². The molecule has 0 aliphatic carbocycles. The van der Waals surface area contributed by atoms with Crippen molar-refractivity contribution in [2.75, 3.05) is 37.6 Å². The number of aliphatic carboxylic acids is 1. The molecule has 0 unspecified atom stereocenters. The van der Waals surface area contributed by atoms with Gasteiger partial charge in [-0.05, 0) is 36.4 Å². The lowest BCUT2D eigenvalue weighted by atomic mass is 9.95. The number of hydrogen-bond acceptors (Lipinski definition) is 8. The number of aromatic carboxylic acids is 1. The molecule has 2 aromatic carbocycles. The standard InChI is InChI=1S/C28H24ClFN6O5S/c29-20-11-16(30)3-6-19(20)23-22(27(39)40)21(32-24(33-23)25-31-7-10-42-25)14-34-8-9-35-18(12-34)13-36(28(35)41)17-4-1-15(2-5-17)26(37)38/h1-7,10-11,18,23H,8-9,12-14H2,(H,32,33)(H,37,38)(H,39,40)/t18-,23-/m0/s1. The monoisotopic (exact) mass is 610 g/mol. The third-order valence-corrected chi connectivity index (χ3v) is 8.60. The lowest BCUT2D eigenvalue weighted by Gasteiger charge is -2.37. The number of benzene rings is 2. The number of carbonyl (C=O) groups excluding carboxylic acids is 1. The zero-order chi connectivity index (χ0) is 29.5. The summed E-state index contributed by atoms with van der Waals surface area (Å²) in [7, 11) is 0. The summed E-state index contributed by atoms with van der Waals surface area (Å²) in [5.41, 5.74) is 1.51. The Morgan fingerprint density at radius 2 is 1.88 bits per heavy atom. The Balaban J connectivity index is 1.27. The number of halogens is 2. The number of fused-ring (bicyclic) bond motifs is 1. The van der Waals surface area contributed by atoms with Crippen molar-refractivity contribution in [1.82, 2.24) is 20.1 Å². The number of aromatic nitrogens is 1. The van der Waals surface area contributed by atoms with Gasteiger partial charge in [0.15, 0.2) is 10.8 Å². The van der Waals surface area contributed by atoms with Crippen LogP contribution in [0.4, 0.5) is 14.9 Å². The van der Waals surface area contributed by atoms with Crippen molar-refractivity contribution < 1.29 is 29.0 Å². The van der Waals surface area contributed by atoms with Crippen molar-refractivity contribution in [3.63, 3.8) is 0 Å². The van der Waals surface area contributed by atoms with E-state index in [4.69, 9.17) is 11.6 Å². The van der Waals surface area contributed by atoms with Gasteiger partial charge in [0.2, 0.25) is 0 Å². The molecule has 1 aromatic heterocycles. The Kier molecular flexibility index (Phi) is 7.39. The summed E-state index contributed by atoms with van der Waals surface area (Å²) in [6.45, 7) is 2.05. The first-order chi connectivity index (χ1) is 20.2. The lowest BCUT2D eigenvalue weighted by Crippen LogP contribution is -2.53. The summed E-state index contributed by atoms with van der Waals surface area (Å²) >= 11 is 7.71. The first kappa shape index (κ1) is 27.8. The molecule has 42 heavy (non-hydrogen) atoms. The predicted molar refractivity (Wildman–Crippen MR) is 154 cm³/mol. The molecule has 0 bridgehead atoms. The summed E-state index contributed by atoms with van der Waals surface area (Å²) < 4.78 is 13.8. The van der Waals surface area contributed by atoms with Crippen molar-refractivity contribution in [2.24, 2.45) is 4.99 Å². The number of carbonyl (C=O) groups is 3. The lowest BCUT2D eigenvalue weighted by molar-refractivity contribution is -0.133. The molecule has 3 aliphatic heterocycles. The minimum absolute atomic E-state index is 0.00566. The highest BCUT2D eigenvalue weighted by atomic mass is 35.5. The molecule has 2 fully saturated rings. The average Bonchev–Trinajstić information content (AvgIpc) is 3.61. The van der Waals surface area contributed by atoms with Gasteiger partial charge in [0, 0.05) is 66.3 Å². The Hall–Kier alpha value is -4.33. The largest absolute Gasteiger partial charge is 0.478 e. The number of nitrogens with zero attached hydrogens (tertiary/aromatic N) is 5. The molecule has 4 heterocycles. The number of piperazine rings is 1. The molecule has 0 radical (unpaired) electrons. The van der Waals surface area contributed by atoms with E-state index in [1.807, 2.05) is 0 Å². The zero-order valence-corrected chi connectivity index (χ0v) is 23.5. The van der Waals surface area contributed by atoms with Gasteiger partial charge in [-0.1, -0.05) is 17.7 Å². The number of amides is 2. The van der Waals surface area contributed by atoms with Crippen LogP contribution >= 0.6 is 22.9 Å². The molecule has 14 heteroatoms. The van der Waals surface area contributed by atoms with Crippen molar-refractivity contribution in [1.29, 1.82) is 0 Å². The van der Waals surface area contributed by atoms with E-state index in [2.05, 4.69) is 20.2 Å². The van der Waals surface area contributed by atoms with Gasteiger partial charge >= 0.3 is 18.0 Å². The highest BCUT2D eigenvalue weighted by Crippen LogP contribution is 2.37. The molecule has 2 atom stereocenters. The normalized spacial score (nSPS) is 20.8. The van der Waals surface area contributed by atoms with Crippen LogP contribution in [0, 0.1) is 5.82 Å². The molecule has 216 valence electrons. The van der Waals surface area contributed by atoms with Crippen molar-refractivity contribution in [3.8, 4) is 0 Å². The maximum Gasteiger partial charge on any atom is 0.335 e. The second-order valence-corrected chi connectivity index (χ2v) is 11.3. The number of urea groups is 1. The van der Waals surface area contributed by atoms with E-state index in [9.17, 15) is 29.0 Å². The quantitative estimate of drug-likeness (QED) is 0.368. The maximum absolute atomic E-state index is 13.8. The van der Waals surface area contributed by atoms with Gasteiger partial charge in [0.25, 0.3) is 0 Å². The fourth-order valence-electron chi connectivity index (χ4n) is 5.51. The number of nitrogens with one attached hydrogen (secondary N) is 1. The van der Waals surface area contributed by atoms with Crippen molar-refractivity contribution in [2.45, 2.75) is 12.1 Å². The van der Waals surface area contributed by atoms with Crippen LogP contribution in [-0.4, -0.2) is 87.6 Å². The molecule has 3 aliphatic rings. The Bertz CT molecular complexity index is 1630. The third-order valence-electron chi connectivity index (χ3n) is 7.49. The topological polar surface area (TPSA) is 139 Å². The molecule has 0 spiro atoms. The number of carboxylic acids is 2. The van der Waals surface area contributed by atoms with E-state index in [0.29, 0.717) is 54.0 Å². The summed E-state index contributed by atoms with van der Waals surface area (Å²) in [4.78, 5) is 51.5. The molecule has 2 saturated heterocycles. The highest BCUT2D eigenvalue weighted by molar-refractivity contribution is 7.11. The summed E-state index contributed by atoms with van der Waals surface area (Å²) in [5, 5.41) is 25.1. The molecule has 6 rings (SSSR count). The molecule has 11 nitrogen and oxygen atoms in total. The van der Waals surface area contributed by atoms with Gasteiger partial charge in [0.05, 0.1) is 17.2 Å². The van der Waals surface area contributed by atoms with Crippen LogP contribution in [0.3, 0.4) is 0 Å². The number of rotatable bonds is 7. The number of hydrogen-bond donors (Lipinski definition) is 3. The third kappa shape index (κ3) is 5.22. The van der Waals surface area contributed by atoms with E-state index in [0.717, 1.165) is 6.07 Å². The minimum Gasteiger partial charge on any atom is -0.478 e. The van der Waals surface area contributed by atoms with Crippen LogP contribution in [0.2, 0.25) is 5.02 Å². The molecular formula is C28H24ClFN6O5S. The first-order valence-electron chi connectivity index (χ1n) is 13.0. The fraction of sp³-hybridized carbons (Fsp3) is 0.250. The van der Waals surface area contributed by atoms with E-state index >= 15 is 0 Å². The number of aliphatic imine (C=N–C) groups is 1. The van der Waals surface area contributed by atoms with Crippen molar-refractivity contribution >= 4 is 52.4 Å². The Morgan fingerprint density at radius 3 is 2.55 bits per heavy atom. The molecule has 0 saturated carbocycles. The Labute approximate surface area is 248 Å². The molecule has 3 aromatic rings. The van der Waals surface area contributed by atoms with E-state index in [1.165, 1.54) is 35.6 Å². The van der Waals surface area contributed by atoms with Crippen LogP contribution in [0.5, 0.6) is 0 Å². The Morgan fingerprint density at radius 1 is 1.10 bits per heavy atom.